The molecule has 0 aliphatic rings. The molecular formula is C28H22N2O4S2. The fraction of sp³-hybridized carbons (Fsp3) is 0.107. The summed E-state index contributed by atoms with van der Waals surface area (Å²) in [4.78, 5) is 31.4. The molecule has 5 aromatic rings. The molecule has 5 rings (SSSR count). The summed E-state index contributed by atoms with van der Waals surface area (Å²) in [5.74, 6) is 0.294. The number of nitrogens with one attached hydrogen (secondary N) is 1. The Kier molecular flexibility index (Phi) is 6.79. The van der Waals surface area contributed by atoms with E-state index in [4.69, 9.17) is 14.5 Å². The van der Waals surface area contributed by atoms with E-state index >= 15 is 0 Å². The maximum Gasteiger partial charge on any atom is 0.348 e. The van der Waals surface area contributed by atoms with Crippen LogP contribution in [0.4, 0.5) is 5.00 Å². The van der Waals surface area contributed by atoms with E-state index in [1.54, 1.807) is 25.1 Å². The van der Waals surface area contributed by atoms with E-state index in [0.29, 0.717) is 26.9 Å². The summed E-state index contributed by atoms with van der Waals surface area (Å²) in [6.45, 7) is 3.88. The minimum absolute atomic E-state index is 0.262. The summed E-state index contributed by atoms with van der Waals surface area (Å²) in [6, 6.07) is 24.2. The first kappa shape index (κ1) is 23.7. The number of nitrogens with zero attached hydrogens (tertiary/aromatic N) is 1. The van der Waals surface area contributed by atoms with Crippen LogP contribution in [-0.4, -0.2) is 23.5 Å². The van der Waals surface area contributed by atoms with E-state index in [-0.39, 0.29) is 12.5 Å². The number of hydrogen-bond donors (Lipinski definition) is 1. The first-order chi connectivity index (χ1) is 17.5. The molecule has 1 N–H and O–H groups in total. The molecule has 36 heavy (non-hydrogen) atoms. The van der Waals surface area contributed by atoms with Crippen LogP contribution in [0.25, 0.3) is 20.8 Å². The van der Waals surface area contributed by atoms with Gasteiger partial charge in [0.25, 0.3) is 5.91 Å². The highest BCUT2D eigenvalue weighted by Gasteiger charge is 2.26. The number of benzene rings is 3. The van der Waals surface area contributed by atoms with Crippen LogP contribution in [0.5, 0.6) is 11.5 Å². The van der Waals surface area contributed by atoms with Gasteiger partial charge in [0.15, 0.2) is 0 Å². The number of thiophene rings is 1. The maximum atomic E-state index is 13.5. The molecule has 0 spiro atoms. The predicted octanol–water partition coefficient (Wildman–Crippen LogP) is 7.55. The van der Waals surface area contributed by atoms with Crippen LogP contribution < -0.4 is 10.1 Å². The van der Waals surface area contributed by atoms with Crippen molar-refractivity contribution in [1.29, 1.82) is 0 Å². The molecule has 0 atom stereocenters. The van der Waals surface area contributed by atoms with Crippen LogP contribution in [0.1, 0.15) is 32.5 Å². The number of para-hydroxylation sites is 3. The number of esters is 1. The van der Waals surface area contributed by atoms with Crippen molar-refractivity contribution < 1.29 is 19.1 Å². The van der Waals surface area contributed by atoms with Gasteiger partial charge in [0.05, 0.1) is 22.4 Å². The van der Waals surface area contributed by atoms with E-state index in [1.807, 2.05) is 67.6 Å². The smallest absolute Gasteiger partial charge is 0.348 e. The van der Waals surface area contributed by atoms with Crippen molar-refractivity contribution in [1.82, 2.24) is 4.98 Å². The number of anilines is 1. The number of thiazole rings is 1. The molecule has 6 nitrogen and oxygen atoms in total. The van der Waals surface area contributed by atoms with Gasteiger partial charge in [-0.1, -0.05) is 42.5 Å². The topological polar surface area (TPSA) is 77.5 Å². The summed E-state index contributed by atoms with van der Waals surface area (Å²) in [5, 5.41) is 4.28. The summed E-state index contributed by atoms with van der Waals surface area (Å²) >= 11 is 2.70. The van der Waals surface area contributed by atoms with Gasteiger partial charge in [-0.25, -0.2) is 9.78 Å². The number of rotatable bonds is 7. The second kappa shape index (κ2) is 10.3. The molecule has 3 aromatic carbocycles. The highest BCUT2D eigenvalue weighted by molar-refractivity contribution is 7.23. The molecule has 2 heterocycles. The van der Waals surface area contributed by atoms with E-state index < -0.39 is 5.97 Å². The van der Waals surface area contributed by atoms with Crippen LogP contribution in [0.2, 0.25) is 0 Å². The number of amides is 1. The highest BCUT2D eigenvalue weighted by Crippen LogP contribution is 2.44. The first-order valence-electron chi connectivity index (χ1n) is 11.3. The molecular weight excluding hydrogens is 492 g/mol. The van der Waals surface area contributed by atoms with Gasteiger partial charge < -0.3 is 14.8 Å². The largest absolute Gasteiger partial charge is 0.462 e. The summed E-state index contributed by atoms with van der Waals surface area (Å²) in [6.07, 6.45) is 0. The molecule has 1 amide bonds. The Bertz CT molecular complexity index is 1520. The lowest BCUT2D eigenvalue weighted by Gasteiger charge is -2.11. The van der Waals surface area contributed by atoms with E-state index in [0.717, 1.165) is 26.4 Å². The van der Waals surface area contributed by atoms with E-state index in [1.165, 1.54) is 22.7 Å². The van der Waals surface area contributed by atoms with Crippen molar-refractivity contribution >= 4 is 49.8 Å². The number of carbonyl (C=O) groups excluding carboxylic acids is 2. The number of carbonyl (C=O) groups is 2. The first-order valence-corrected chi connectivity index (χ1v) is 13.0. The molecule has 0 unspecified atom stereocenters. The molecule has 0 bridgehead atoms. The van der Waals surface area contributed by atoms with Crippen molar-refractivity contribution in [2.45, 2.75) is 13.8 Å². The molecule has 2 aromatic heterocycles. The number of fused-ring (bicyclic) bond motifs is 1. The quantitative estimate of drug-likeness (QED) is 0.227. The van der Waals surface area contributed by atoms with Gasteiger partial charge in [-0.05, 0) is 55.8 Å². The fourth-order valence-electron chi connectivity index (χ4n) is 3.76. The fourth-order valence-corrected chi connectivity index (χ4v) is 5.99. The van der Waals surface area contributed by atoms with Crippen molar-refractivity contribution in [3.8, 4) is 22.1 Å². The maximum absolute atomic E-state index is 13.5. The molecule has 180 valence electrons. The van der Waals surface area contributed by atoms with Gasteiger partial charge in [-0.2, -0.15) is 0 Å². The lowest BCUT2D eigenvalue weighted by molar-refractivity contribution is 0.0531. The predicted molar refractivity (Wildman–Crippen MR) is 145 cm³/mol. The Balaban J connectivity index is 1.54. The van der Waals surface area contributed by atoms with Crippen molar-refractivity contribution in [2.75, 3.05) is 11.9 Å². The van der Waals surface area contributed by atoms with E-state index in [2.05, 4.69) is 5.32 Å². The SMILES string of the molecule is CCOC(=O)c1sc(NC(=O)c2ccccc2Oc2ccccc2)c(-c2nc3ccccc3s2)c1C. The summed E-state index contributed by atoms with van der Waals surface area (Å²) in [5.41, 5.74) is 2.68. The van der Waals surface area contributed by atoms with Crippen LogP contribution in [0, 0.1) is 6.92 Å². The zero-order chi connectivity index (χ0) is 25.1. The molecule has 0 radical (unpaired) electrons. The Hall–Kier alpha value is -4.01. The van der Waals surface area contributed by atoms with Crippen LogP contribution >= 0.6 is 22.7 Å². The third-order valence-electron chi connectivity index (χ3n) is 5.45. The third-order valence-corrected chi connectivity index (χ3v) is 7.69. The molecule has 0 fully saturated rings. The molecule has 0 aliphatic carbocycles. The number of aromatic nitrogens is 1. The molecule has 8 heteroatoms. The van der Waals surface area contributed by atoms with Gasteiger partial charge in [0, 0.05) is 5.56 Å². The normalized spacial score (nSPS) is 10.8. The Morgan fingerprint density at radius 1 is 0.917 bits per heavy atom. The standard InChI is InChI=1S/C28H22N2O4S2/c1-3-33-28(32)24-17(2)23(26-29-20-14-8-10-16-22(20)35-26)27(36-24)30-25(31)19-13-7-9-15-21(19)34-18-11-5-4-6-12-18/h4-16H,3H2,1-2H3,(H,30,31). The van der Waals surface area contributed by atoms with Gasteiger partial charge >= 0.3 is 5.97 Å². The molecule has 0 saturated heterocycles. The minimum Gasteiger partial charge on any atom is -0.462 e. The monoisotopic (exact) mass is 514 g/mol. The summed E-state index contributed by atoms with van der Waals surface area (Å²) < 4.78 is 12.3. The average molecular weight is 515 g/mol. The average Bonchev–Trinajstić information content (AvgIpc) is 3.45. The third kappa shape index (κ3) is 4.73. The summed E-state index contributed by atoms with van der Waals surface area (Å²) in [7, 11) is 0. The van der Waals surface area contributed by atoms with Crippen LogP contribution in [0.15, 0.2) is 78.9 Å². The van der Waals surface area contributed by atoms with Gasteiger partial charge in [-0.15, -0.1) is 22.7 Å². The van der Waals surface area contributed by atoms with Gasteiger partial charge in [0.2, 0.25) is 0 Å². The lowest BCUT2D eigenvalue weighted by Crippen LogP contribution is -2.12. The van der Waals surface area contributed by atoms with E-state index in [9.17, 15) is 9.59 Å². The van der Waals surface area contributed by atoms with Crippen molar-refractivity contribution in [3.63, 3.8) is 0 Å². The number of hydrogen-bond acceptors (Lipinski definition) is 7. The van der Waals surface area contributed by atoms with Crippen molar-refractivity contribution in [3.05, 3.63) is 94.9 Å². The minimum atomic E-state index is -0.421. The second-order valence-electron chi connectivity index (χ2n) is 7.83. The molecule has 0 aliphatic heterocycles. The van der Waals surface area contributed by atoms with Crippen molar-refractivity contribution in [2.24, 2.45) is 0 Å². The zero-order valence-electron chi connectivity index (χ0n) is 19.6. The van der Waals surface area contributed by atoms with Gasteiger partial charge in [0.1, 0.15) is 26.4 Å². The Labute approximate surface area is 216 Å². The highest BCUT2D eigenvalue weighted by atomic mass is 32.1. The lowest BCUT2D eigenvalue weighted by atomic mass is 10.1. The Morgan fingerprint density at radius 3 is 2.42 bits per heavy atom. The Morgan fingerprint density at radius 2 is 1.64 bits per heavy atom. The number of ether oxygens (including phenoxy) is 2. The van der Waals surface area contributed by atoms with Gasteiger partial charge in [-0.3, -0.25) is 4.79 Å². The van der Waals surface area contributed by atoms with Crippen LogP contribution in [0.3, 0.4) is 0 Å². The zero-order valence-corrected chi connectivity index (χ0v) is 21.2. The molecule has 0 saturated carbocycles. The second-order valence-corrected chi connectivity index (χ2v) is 9.88. The van der Waals surface area contributed by atoms with Crippen LogP contribution in [-0.2, 0) is 4.74 Å².